The summed E-state index contributed by atoms with van der Waals surface area (Å²) in [5.41, 5.74) is 0.277. The lowest BCUT2D eigenvalue weighted by molar-refractivity contribution is -0.00461. The van der Waals surface area contributed by atoms with E-state index in [2.05, 4.69) is 17.1 Å². The zero-order valence-electron chi connectivity index (χ0n) is 11.4. The molecule has 0 aliphatic carbocycles. The van der Waals surface area contributed by atoms with Crippen LogP contribution >= 0.6 is 0 Å². The molecular weight excluding hydrogens is 216 g/mol. The second-order valence-corrected chi connectivity index (χ2v) is 5.69. The van der Waals surface area contributed by atoms with Crippen LogP contribution in [-0.4, -0.2) is 63.0 Å². The first-order valence-corrected chi connectivity index (χ1v) is 6.70. The van der Waals surface area contributed by atoms with Crippen LogP contribution in [0.4, 0.5) is 0 Å². The van der Waals surface area contributed by atoms with Gasteiger partial charge in [0.25, 0.3) is 0 Å². The van der Waals surface area contributed by atoms with Crippen molar-refractivity contribution in [1.29, 1.82) is 0 Å². The van der Waals surface area contributed by atoms with Crippen molar-refractivity contribution in [2.75, 3.05) is 40.4 Å². The van der Waals surface area contributed by atoms with E-state index in [4.69, 9.17) is 9.47 Å². The second-order valence-electron chi connectivity index (χ2n) is 5.69. The molecule has 3 atom stereocenters. The zero-order chi connectivity index (χ0) is 12.3. The Morgan fingerprint density at radius 3 is 2.29 bits per heavy atom. The van der Waals surface area contributed by atoms with Gasteiger partial charge in [-0.2, -0.15) is 0 Å². The standard InChI is InChI=1S/C13H26N2O2/c1-13(6-4-5-7-14-13)10-15-8-11(16-2)12(9-15)17-3/h11-12,14H,4-10H2,1-3H3. The lowest BCUT2D eigenvalue weighted by Crippen LogP contribution is -2.53. The van der Waals surface area contributed by atoms with Crippen molar-refractivity contribution in [1.82, 2.24) is 10.2 Å². The molecule has 4 nitrogen and oxygen atoms in total. The third-order valence-electron chi connectivity index (χ3n) is 4.18. The van der Waals surface area contributed by atoms with Gasteiger partial charge in [0.1, 0.15) is 0 Å². The minimum absolute atomic E-state index is 0.229. The fourth-order valence-corrected chi connectivity index (χ4v) is 3.15. The van der Waals surface area contributed by atoms with E-state index in [1.54, 1.807) is 14.2 Å². The van der Waals surface area contributed by atoms with E-state index < -0.39 is 0 Å². The molecule has 3 unspecified atom stereocenters. The number of rotatable bonds is 4. The smallest absolute Gasteiger partial charge is 0.0971 e. The molecule has 1 N–H and O–H groups in total. The Bertz CT molecular complexity index is 230. The number of likely N-dealkylation sites (tertiary alicyclic amines) is 1. The van der Waals surface area contributed by atoms with Gasteiger partial charge in [-0.25, -0.2) is 0 Å². The fourth-order valence-electron chi connectivity index (χ4n) is 3.15. The molecule has 100 valence electrons. The summed E-state index contributed by atoms with van der Waals surface area (Å²) >= 11 is 0. The van der Waals surface area contributed by atoms with Crippen LogP contribution in [0.25, 0.3) is 0 Å². The third kappa shape index (κ3) is 3.19. The summed E-state index contributed by atoms with van der Waals surface area (Å²) in [6, 6.07) is 0. The predicted octanol–water partition coefficient (Wildman–Crippen LogP) is 0.864. The van der Waals surface area contributed by atoms with Gasteiger partial charge in [-0.15, -0.1) is 0 Å². The highest BCUT2D eigenvalue weighted by Gasteiger charge is 2.37. The molecule has 2 fully saturated rings. The molecule has 2 heterocycles. The van der Waals surface area contributed by atoms with Crippen molar-refractivity contribution in [2.24, 2.45) is 0 Å². The summed E-state index contributed by atoms with van der Waals surface area (Å²) in [6.45, 7) is 6.59. The van der Waals surface area contributed by atoms with Crippen LogP contribution in [0.15, 0.2) is 0 Å². The highest BCUT2D eigenvalue weighted by Crippen LogP contribution is 2.23. The van der Waals surface area contributed by atoms with Crippen LogP contribution in [0.1, 0.15) is 26.2 Å². The average molecular weight is 242 g/mol. The minimum Gasteiger partial charge on any atom is -0.377 e. The first-order chi connectivity index (χ1) is 8.17. The Hall–Kier alpha value is -0.160. The van der Waals surface area contributed by atoms with E-state index >= 15 is 0 Å². The van der Waals surface area contributed by atoms with Gasteiger partial charge < -0.3 is 14.8 Å². The first kappa shape index (κ1) is 13.3. The fraction of sp³-hybridized carbons (Fsp3) is 1.00. The molecule has 0 amide bonds. The molecule has 2 aliphatic heterocycles. The van der Waals surface area contributed by atoms with Crippen molar-refractivity contribution >= 4 is 0 Å². The maximum atomic E-state index is 5.48. The summed E-state index contributed by atoms with van der Waals surface area (Å²) in [7, 11) is 3.56. The van der Waals surface area contributed by atoms with Gasteiger partial charge >= 0.3 is 0 Å². The van der Waals surface area contributed by atoms with E-state index in [0.717, 1.165) is 26.2 Å². The summed E-state index contributed by atoms with van der Waals surface area (Å²) in [5, 5.41) is 3.66. The number of nitrogens with zero attached hydrogens (tertiary/aromatic N) is 1. The SMILES string of the molecule is COC1CN(CC2(C)CCCCN2)CC1OC. The Morgan fingerprint density at radius 1 is 1.18 bits per heavy atom. The average Bonchev–Trinajstić information content (AvgIpc) is 2.71. The maximum absolute atomic E-state index is 5.48. The van der Waals surface area contributed by atoms with Crippen LogP contribution in [0.2, 0.25) is 0 Å². The minimum atomic E-state index is 0.229. The largest absolute Gasteiger partial charge is 0.377 e. The molecule has 0 spiro atoms. The molecule has 2 rings (SSSR count). The Morgan fingerprint density at radius 2 is 1.82 bits per heavy atom. The Balaban J connectivity index is 1.87. The van der Waals surface area contributed by atoms with Gasteiger partial charge in [-0.1, -0.05) is 6.42 Å². The lowest BCUT2D eigenvalue weighted by atomic mass is 9.90. The van der Waals surface area contributed by atoms with Crippen molar-refractivity contribution in [2.45, 2.75) is 43.9 Å². The van der Waals surface area contributed by atoms with Crippen LogP contribution in [0.3, 0.4) is 0 Å². The first-order valence-electron chi connectivity index (χ1n) is 6.70. The van der Waals surface area contributed by atoms with Gasteiger partial charge in [0.2, 0.25) is 0 Å². The summed E-state index contributed by atoms with van der Waals surface area (Å²) < 4.78 is 11.0. The summed E-state index contributed by atoms with van der Waals surface area (Å²) in [4.78, 5) is 2.47. The Kier molecular flexibility index (Phi) is 4.42. The number of hydrogen-bond acceptors (Lipinski definition) is 4. The van der Waals surface area contributed by atoms with Crippen molar-refractivity contribution < 1.29 is 9.47 Å². The second kappa shape index (κ2) is 5.65. The van der Waals surface area contributed by atoms with Crippen molar-refractivity contribution in [3.63, 3.8) is 0 Å². The number of ether oxygens (including phenoxy) is 2. The van der Waals surface area contributed by atoms with Gasteiger partial charge in [-0.3, -0.25) is 4.90 Å². The highest BCUT2D eigenvalue weighted by atomic mass is 16.5. The number of methoxy groups -OCH3 is 2. The molecule has 2 saturated heterocycles. The van der Waals surface area contributed by atoms with E-state index in [-0.39, 0.29) is 17.7 Å². The van der Waals surface area contributed by atoms with Crippen molar-refractivity contribution in [3.05, 3.63) is 0 Å². The molecule has 0 radical (unpaired) electrons. The summed E-state index contributed by atoms with van der Waals surface area (Å²) in [6.07, 6.45) is 4.40. The number of piperidine rings is 1. The number of nitrogens with one attached hydrogen (secondary N) is 1. The number of hydrogen-bond donors (Lipinski definition) is 1. The molecule has 0 aromatic heterocycles. The Labute approximate surface area is 105 Å². The topological polar surface area (TPSA) is 33.7 Å². The predicted molar refractivity (Wildman–Crippen MR) is 68.3 cm³/mol. The third-order valence-corrected chi connectivity index (χ3v) is 4.18. The van der Waals surface area contributed by atoms with E-state index in [1.807, 2.05) is 0 Å². The van der Waals surface area contributed by atoms with Gasteiger partial charge in [0.05, 0.1) is 12.2 Å². The maximum Gasteiger partial charge on any atom is 0.0971 e. The van der Waals surface area contributed by atoms with E-state index in [9.17, 15) is 0 Å². The van der Waals surface area contributed by atoms with E-state index in [1.165, 1.54) is 19.3 Å². The molecule has 0 aromatic rings. The monoisotopic (exact) mass is 242 g/mol. The van der Waals surface area contributed by atoms with Crippen LogP contribution < -0.4 is 5.32 Å². The molecule has 0 bridgehead atoms. The van der Waals surface area contributed by atoms with Crippen LogP contribution in [-0.2, 0) is 9.47 Å². The summed E-state index contributed by atoms with van der Waals surface area (Å²) in [5.74, 6) is 0. The molecule has 0 saturated carbocycles. The normalized spacial score (nSPS) is 39.7. The molecule has 17 heavy (non-hydrogen) atoms. The highest BCUT2D eigenvalue weighted by molar-refractivity contribution is 4.94. The molecule has 4 heteroatoms. The van der Waals surface area contributed by atoms with Gasteiger partial charge in [-0.05, 0) is 26.3 Å². The van der Waals surface area contributed by atoms with E-state index in [0.29, 0.717) is 0 Å². The lowest BCUT2D eigenvalue weighted by Gasteiger charge is -2.38. The van der Waals surface area contributed by atoms with Crippen LogP contribution in [0, 0.1) is 0 Å². The molecular formula is C13H26N2O2. The molecule has 0 aromatic carbocycles. The van der Waals surface area contributed by atoms with Crippen molar-refractivity contribution in [3.8, 4) is 0 Å². The van der Waals surface area contributed by atoms with Gasteiger partial charge in [0.15, 0.2) is 0 Å². The van der Waals surface area contributed by atoms with Crippen LogP contribution in [0.5, 0.6) is 0 Å². The zero-order valence-corrected chi connectivity index (χ0v) is 11.4. The quantitative estimate of drug-likeness (QED) is 0.793. The van der Waals surface area contributed by atoms with Gasteiger partial charge in [0, 0.05) is 39.4 Å². The molecule has 2 aliphatic rings.